The van der Waals surface area contributed by atoms with E-state index in [1.165, 1.54) is 25.7 Å². The van der Waals surface area contributed by atoms with Crippen LogP contribution in [0.15, 0.2) is 23.9 Å². The predicted molar refractivity (Wildman–Crippen MR) is 78.6 cm³/mol. The minimum Gasteiger partial charge on any atom is -0.368 e. The molecule has 2 aromatic rings. The van der Waals surface area contributed by atoms with Crippen LogP contribution in [0.4, 0.5) is 5.82 Å². The summed E-state index contributed by atoms with van der Waals surface area (Å²) in [5, 5.41) is 3.64. The highest BCUT2D eigenvalue weighted by atomic mass is 35.5. The molecule has 0 bridgehead atoms. The second-order valence-electron chi connectivity index (χ2n) is 4.86. The summed E-state index contributed by atoms with van der Waals surface area (Å²) in [6.07, 6.45) is 10.4. The summed E-state index contributed by atoms with van der Waals surface area (Å²) in [5.41, 5.74) is 3.32. The van der Waals surface area contributed by atoms with Crippen LogP contribution in [-0.2, 0) is 0 Å². The van der Waals surface area contributed by atoms with Gasteiger partial charge in [-0.05, 0) is 49.8 Å². The molecule has 100 valence electrons. The number of allylic oxidation sites excluding steroid dienone is 1. The van der Waals surface area contributed by atoms with Crippen LogP contribution in [0.1, 0.15) is 32.1 Å². The first-order valence-electron chi connectivity index (χ1n) is 6.75. The van der Waals surface area contributed by atoms with E-state index in [2.05, 4.69) is 26.3 Å². The van der Waals surface area contributed by atoms with Gasteiger partial charge in [-0.3, -0.25) is 0 Å². The van der Waals surface area contributed by atoms with Gasteiger partial charge >= 0.3 is 0 Å². The molecule has 3 rings (SSSR count). The van der Waals surface area contributed by atoms with Crippen molar-refractivity contribution >= 4 is 28.5 Å². The molecule has 2 aromatic heterocycles. The highest BCUT2D eigenvalue weighted by Crippen LogP contribution is 2.22. The van der Waals surface area contributed by atoms with Crippen LogP contribution < -0.4 is 5.32 Å². The number of hydrogen-bond acceptors (Lipinski definition) is 3. The van der Waals surface area contributed by atoms with Crippen LogP contribution >= 0.6 is 11.6 Å². The Kier molecular flexibility index (Phi) is 3.69. The molecular formula is C14H17ClN4. The number of nitrogens with one attached hydrogen (secondary N) is 2. The van der Waals surface area contributed by atoms with E-state index in [4.69, 9.17) is 11.6 Å². The van der Waals surface area contributed by atoms with Gasteiger partial charge in [-0.1, -0.05) is 11.6 Å². The van der Waals surface area contributed by atoms with Gasteiger partial charge in [0.25, 0.3) is 0 Å². The van der Waals surface area contributed by atoms with Gasteiger partial charge < -0.3 is 10.3 Å². The average Bonchev–Trinajstić information content (AvgIpc) is 2.88. The SMILES string of the molecule is Clc1nc(NCCC2=CCCCC2)c2[nH]ccc2n1. The van der Waals surface area contributed by atoms with Gasteiger partial charge in [-0.15, -0.1) is 0 Å². The zero-order valence-corrected chi connectivity index (χ0v) is 11.5. The van der Waals surface area contributed by atoms with Gasteiger partial charge in [0.2, 0.25) is 5.28 Å². The first-order chi connectivity index (χ1) is 9.33. The number of fused-ring (bicyclic) bond motifs is 1. The van der Waals surface area contributed by atoms with Crippen molar-refractivity contribution in [2.75, 3.05) is 11.9 Å². The summed E-state index contributed by atoms with van der Waals surface area (Å²) >= 11 is 5.92. The van der Waals surface area contributed by atoms with E-state index in [9.17, 15) is 0 Å². The van der Waals surface area contributed by atoms with Crippen LogP contribution in [0.2, 0.25) is 5.28 Å². The normalized spacial score (nSPS) is 15.5. The Balaban J connectivity index is 1.68. The summed E-state index contributed by atoms with van der Waals surface area (Å²) in [4.78, 5) is 11.6. The van der Waals surface area contributed by atoms with Crippen molar-refractivity contribution in [1.29, 1.82) is 0 Å². The van der Waals surface area contributed by atoms with Gasteiger partial charge in [-0.25, -0.2) is 4.98 Å². The average molecular weight is 277 g/mol. The Bertz CT molecular complexity index is 603. The minimum atomic E-state index is 0.284. The minimum absolute atomic E-state index is 0.284. The van der Waals surface area contributed by atoms with E-state index in [1.54, 1.807) is 5.57 Å². The van der Waals surface area contributed by atoms with E-state index in [1.807, 2.05) is 12.3 Å². The number of nitrogens with zero attached hydrogens (tertiary/aromatic N) is 2. The molecule has 2 N–H and O–H groups in total. The third kappa shape index (κ3) is 2.89. The first kappa shape index (κ1) is 12.5. The number of H-pyrrole nitrogens is 1. The van der Waals surface area contributed by atoms with Crippen LogP contribution in [0.5, 0.6) is 0 Å². The van der Waals surface area contributed by atoms with Crippen molar-refractivity contribution in [3.05, 3.63) is 29.2 Å². The predicted octanol–water partition coefficient (Wildman–Crippen LogP) is 3.91. The van der Waals surface area contributed by atoms with E-state index >= 15 is 0 Å². The number of halogens is 1. The molecule has 0 radical (unpaired) electrons. The lowest BCUT2D eigenvalue weighted by atomic mass is 9.97. The zero-order valence-electron chi connectivity index (χ0n) is 10.7. The van der Waals surface area contributed by atoms with Gasteiger partial charge in [0.1, 0.15) is 5.52 Å². The Labute approximate surface area is 117 Å². The Morgan fingerprint density at radius 1 is 1.32 bits per heavy atom. The lowest BCUT2D eigenvalue weighted by Gasteiger charge is -2.13. The van der Waals surface area contributed by atoms with E-state index in [0.29, 0.717) is 0 Å². The Morgan fingerprint density at radius 3 is 3.11 bits per heavy atom. The third-order valence-electron chi connectivity index (χ3n) is 3.50. The highest BCUT2D eigenvalue weighted by molar-refractivity contribution is 6.28. The third-order valence-corrected chi connectivity index (χ3v) is 3.67. The lowest BCUT2D eigenvalue weighted by Crippen LogP contribution is -2.07. The number of anilines is 1. The second kappa shape index (κ2) is 5.61. The number of aromatic nitrogens is 3. The highest BCUT2D eigenvalue weighted by Gasteiger charge is 2.08. The lowest BCUT2D eigenvalue weighted by molar-refractivity contribution is 0.679. The molecule has 0 fully saturated rings. The topological polar surface area (TPSA) is 53.6 Å². The van der Waals surface area contributed by atoms with E-state index < -0.39 is 0 Å². The molecule has 0 spiro atoms. The van der Waals surface area contributed by atoms with Gasteiger partial charge in [-0.2, -0.15) is 4.98 Å². The van der Waals surface area contributed by atoms with Crippen LogP contribution in [-0.4, -0.2) is 21.5 Å². The Hall–Kier alpha value is -1.55. The van der Waals surface area contributed by atoms with Crippen molar-refractivity contribution in [1.82, 2.24) is 15.0 Å². The molecule has 0 atom stereocenters. The summed E-state index contributed by atoms with van der Waals surface area (Å²) in [7, 11) is 0. The van der Waals surface area contributed by atoms with Crippen molar-refractivity contribution in [3.63, 3.8) is 0 Å². The molecular weight excluding hydrogens is 260 g/mol. The maximum Gasteiger partial charge on any atom is 0.225 e. The maximum atomic E-state index is 5.92. The molecule has 0 unspecified atom stereocenters. The molecule has 0 aromatic carbocycles. The summed E-state index contributed by atoms with van der Waals surface area (Å²) in [6, 6.07) is 1.90. The summed E-state index contributed by atoms with van der Waals surface area (Å²) in [5.74, 6) is 0.788. The number of rotatable bonds is 4. The number of hydrogen-bond donors (Lipinski definition) is 2. The van der Waals surface area contributed by atoms with Crippen LogP contribution in [0, 0.1) is 0 Å². The zero-order chi connectivity index (χ0) is 13.1. The van der Waals surface area contributed by atoms with Crippen LogP contribution in [0.3, 0.4) is 0 Å². The molecule has 0 amide bonds. The fourth-order valence-electron chi connectivity index (χ4n) is 2.52. The van der Waals surface area contributed by atoms with Crippen molar-refractivity contribution < 1.29 is 0 Å². The molecule has 0 aliphatic heterocycles. The summed E-state index contributed by atoms with van der Waals surface area (Å²) < 4.78 is 0. The van der Waals surface area contributed by atoms with Gasteiger partial charge in [0, 0.05) is 12.7 Å². The van der Waals surface area contributed by atoms with Crippen molar-refractivity contribution in [2.45, 2.75) is 32.1 Å². The molecule has 2 heterocycles. The maximum absolute atomic E-state index is 5.92. The van der Waals surface area contributed by atoms with E-state index in [0.717, 1.165) is 29.8 Å². The quantitative estimate of drug-likeness (QED) is 0.657. The number of aromatic amines is 1. The van der Waals surface area contributed by atoms with Crippen LogP contribution in [0.25, 0.3) is 11.0 Å². The molecule has 0 saturated heterocycles. The molecule has 4 nitrogen and oxygen atoms in total. The fourth-order valence-corrected chi connectivity index (χ4v) is 2.69. The molecule has 0 saturated carbocycles. The van der Waals surface area contributed by atoms with Gasteiger partial charge in [0.15, 0.2) is 5.82 Å². The summed E-state index contributed by atoms with van der Waals surface area (Å²) in [6.45, 7) is 0.882. The molecule has 1 aliphatic carbocycles. The molecule has 1 aliphatic rings. The van der Waals surface area contributed by atoms with Crippen molar-refractivity contribution in [3.8, 4) is 0 Å². The largest absolute Gasteiger partial charge is 0.368 e. The smallest absolute Gasteiger partial charge is 0.225 e. The molecule has 5 heteroatoms. The van der Waals surface area contributed by atoms with Crippen molar-refractivity contribution in [2.24, 2.45) is 0 Å². The molecule has 19 heavy (non-hydrogen) atoms. The standard InChI is InChI=1S/C14H17ClN4/c15-14-18-11-7-9-16-12(11)13(19-14)17-8-6-10-4-2-1-3-5-10/h4,7,9,16H,1-3,5-6,8H2,(H,17,18,19). The Morgan fingerprint density at radius 2 is 2.26 bits per heavy atom. The van der Waals surface area contributed by atoms with Gasteiger partial charge in [0.05, 0.1) is 5.52 Å². The second-order valence-corrected chi connectivity index (χ2v) is 5.20. The fraction of sp³-hybridized carbons (Fsp3) is 0.429. The monoisotopic (exact) mass is 276 g/mol. The van der Waals surface area contributed by atoms with E-state index in [-0.39, 0.29) is 5.28 Å². The first-order valence-corrected chi connectivity index (χ1v) is 7.13.